The van der Waals surface area contributed by atoms with Crippen LogP contribution in [-0.2, 0) is 17.7 Å². The molecule has 1 heterocycles. The van der Waals surface area contributed by atoms with E-state index in [-0.39, 0.29) is 12.4 Å². The molecule has 1 amide bonds. The summed E-state index contributed by atoms with van der Waals surface area (Å²) in [5.41, 5.74) is 1.15. The fourth-order valence-electron chi connectivity index (χ4n) is 2.54. The van der Waals surface area contributed by atoms with Crippen LogP contribution in [0, 0.1) is 0 Å². The Hall–Kier alpha value is -3.17. The summed E-state index contributed by atoms with van der Waals surface area (Å²) in [7, 11) is 1.60. The number of anilines is 1. The van der Waals surface area contributed by atoms with Crippen LogP contribution in [0.2, 0.25) is 0 Å². The Morgan fingerprint density at radius 2 is 1.93 bits per heavy atom. The molecule has 0 unspecified atom stereocenters. The molecule has 0 aliphatic carbocycles. The Labute approximate surface area is 174 Å². The Kier molecular flexibility index (Phi) is 8.14. The largest absolute Gasteiger partial charge is 0.444 e. The molecule has 0 spiro atoms. The smallest absolute Gasteiger partial charge is 0.412 e. The van der Waals surface area contributed by atoms with Crippen LogP contribution in [0.15, 0.2) is 41.7 Å². The minimum atomic E-state index is -2.63. The highest BCUT2D eigenvalue weighted by Crippen LogP contribution is 2.13. The number of carbonyl (C=O) groups excluding carboxylic acids is 1. The van der Waals surface area contributed by atoms with Gasteiger partial charge in [0.2, 0.25) is 0 Å². The maximum Gasteiger partial charge on any atom is 0.412 e. The van der Waals surface area contributed by atoms with Crippen molar-refractivity contribution in [2.24, 2.45) is 4.99 Å². The number of guanidine groups is 1. The number of hydrogen-bond acceptors (Lipinski definition) is 4. The number of alkyl halides is 2. The fraction of sp³-hybridized carbons (Fsp3) is 0.450. The summed E-state index contributed by atoms with van der Waals surface area (Å²) in [6.45, 7) is 3.49. The summed E-state index contributed by atoms with van der Waals surface area (Å²) in [4.78, 5) is 19.8. The molecule has 0 saturated heterocycles. The molecule has 0 atom stereocenters. The number of rotatable bonds is 7. The van der Waals surface area contributed by atoms with Crippen LogP contribution in [0.3, 0.4) is 0 Å². The molecule has 2 aromatic rings. The number of nitrogens with one attached hydrogen (secondary N) is 3. The quantitative estimate of drug-likeness (QED) is 0.469. The number of aliphatic imine (C=N–C) groups is 1. The van der Waals surface area contributed by atoms with E-state index in [9.17, 15) is 13.6 Å². The van der Waals surface area contributed by atoms with Crippen LogP contribution < -0.4 is 16.0 Å². The van der Waals surface area contributed by atoms with E-state index in [1.807, 2.05) is 12.1 Å². The van der Waals surface area contributed by atoms with Crippen molar-refractivity contribution in [3.05, 3.63) is 48.0 Å². The summed E-state index contributed by atoms with van der Waals surface area (Å²) in [5.74, 6) is 0.711. The summed E-state index contributed by atoms with van der Waals surface area (Å²) < 4.78 is 31.7. The Balaban J connectivity index is 1.77. The van der Waals surface area contributed by atoms with Crippen molar-refractivity contribution >= 4 is 17.7 Å². The molecule has 0 aliphatic heterocycles. The average molecular weight is 422 g/mol. The zero-order valence-corrected chi connectivity index (χ0v) is 17.6. The van der Waals surface area contributed by atoms with Crippen LogP contribution in [0.5, 0.6) is 0 Å². The van der Waals surface area contributed by atoms with Gasteiger partial charge in [0.05, 0.1) is 6.54 Å². The maximum atomic E-state index is 12.8. The minimum Gasteiger partial charge on any atom is -0.444 e. The van der Waals surface area contributed by atoms with Gasteiger partial charge in [0.25, 0.3) is 0 Å². The number of nitrogens with zero attached hydrogens (tertiary/aromatic N) is 3. The van der Waals surface area contributed by atoms with Crippen molar-refractivity contribution < 1.29 is 18.3 Å². The van der Waals surface area contributed by atoms with Crippen molar-refractivity contribution in [3.63, 3.8) is 0 Å². The molecule has 0 aliphatic rings. The van der Waals surface area contributed by atoms with Gasteiger partial charge in [-0.15, -0.1) is 0 Å². The molecule has 1 aromatic carbocycles. The van der Waals surface area contributed by atoms with Gasteiger partial charge in [-0.05, 0) is 44.9 Å². The van der Waals surface area contributed by atoms with Crippen LogP contribution >= 0.6 is 0 Å². The molecule has 1 aromatic heterocycles. The molecular weight excluding hydrogens is 394 g/mol. The van der Waals surface area contributed by atoms with Gasteiger partial charge in [0.15, 0.2) is 5.96 Å². The van der Waals surface area contributed by atoms with Crippen molar-refractivity contribution in [1.29, 1.82) is 0 Å². The summed E-state index contributed by atoms with van der Waals surface area (Å²) in [5, 5.41) is 8.77. The second kappa shape index (κ2) is 10.6. The molecule has 10 heteroatoms. The van der Waals surface area contributed by atoms with E-state index in [1.54, 1.807) is 40.0 Å². The molecule has 0 bridgehead atoms. The number of aromatic nitrogens is 2. The second-order valence-corrected chi connectivity index (χ2v) is 7.45. The lowest BCUT2D eigenvalue weighted by molar-refractivity contribution is 0.0634. The lowest BCUT2D eigenvalue weighted by Crippen LogP contribution is -2.38. The number of benzene rings is 1. The normalized spacial score (nSPS) is 12.0. The number of halogens is 2. The molecule has 2 rings (SSSR count). The van der Waals surface area contributed by atoms with Crippen molar-refractivity contribution in [1.82, 2.24) is 20.2 Å². The third-order valence-electron chi connectivity index (χ3n) is 3.90. The van der Waals surface area contributed by atoms with Crippen molar-refractivity contribution in [2.75, 3.05) is 18.9 Å². The van der Waals surface area contributed by atoms with E-state index in [0.29, 0.717) is 24.6 Å². The van der Waals surface area contributed by atoms with E-state index < -0.39 is 18.2 Å². The van der Waals surface area contributed by atoms with Gasteiger partial charge >= 0.3 is 12.6 Å². The van der Waals surface area contributed by atoms with Crippen LogP contribution in [-0.4, -0.2) is 40.8 Å². The molecule has 8 nitrogen and oxygen atoms in total. The fourth-order valence-corrected chi connectivity index (χ4v) is 2.54. The number of imidazole rings is 1. The Morgan fingerprint density at radius 1 is 1.23 bits per heavy atom. The number of ether oxygens (including phenoxy) is 1. The van der Waals surface area contributed by atoms with Crippen molar-refractivity contribution in [3.8, 4) is 0 Å². The van der Waals surface area contributed by atoms with E-state index in [1.165, 1.54) is 12.4 Å². The SMILES string of the molecule is CN=C(NCCc1ccc(NC(=O)OC(C)(C)C)cc1)NCc1nccn1C(F)F. The molecule has 164 valence electrons. The van der Waals surface area contributed by atoms with Gasteiger partial charge in [-0.25, -0.2) is 9.78 Å². The highest BCUT2D eigenvalue weighted by atomic mass is 19.3. The third-order valence-corrected chi connectivity index (χ3v) is 3.90. The first-order valence-electron chi connectivity index (χ1n) is 9.51. The predicted octanol–water partition coefficient (Wildman–Crippen LogP) is 3.53. The Bertz CT molecular complexity index is 844. The van der Waals surface area contributed by atoms with Crippen LogP contribution in [0.1, 0.15) is 38.7 Å². The lowest BCUT2D eigenvalue weighted by Gasteiger charge is -2.19. The monoisotopic (exact) mass is 422 g/mol. The van der Waals surface area contributed by atoms with Gasteiger partial charge < -0.3 is 15.4 Å². The van der Waals surface area contributed by atoms with Crippen LogP contribution in [0.4, 0.5) is 19.3 Å². The molecule has 0 saturated carbocycles. The molecule has 0 radical (unpaired) electrons. The lowest BCUT2D eigenvalue weighted by atomic mass is 10.1. The van der Waals surface area contributed by atoms with E-state index >= 15 is 0 Å². The number of carbonyl (C=O) groups is 1. The first-order chi connectivity index (χ1) is 14.2. The zero-order valence-electron chi connectivity index (χ0n) is 17.6. The van der Waals surface area contributed by atoms with Gasteiger partial charge in [-0.3, -0.25) is 14.9 Å². The topological polar surface area (TPSA) is 92.6 Å². The van der Waals surface area contributed by atoms with Crippen LogP contribution in [0.25, 0.3) is 0 Å². The van der Waals surface area contributed by atoms with Gasteiger partial charge in [0.1, 0.15) is 11.4 Å². The molecule has 0 fully saturated rings. The summed E-state index contributed by atoms with van der Waals surface area (Å²) in [6, 6.07) is 7.42. The molecular formula is C20H28F2N6O2. The second-order valence-electron chi connectivity index (χ2n) is 7.45. The minimum absolute atomic E-state index is 0.127. The number of hydrogen-bond donors (Lipinski definition) is 3. The highest BCUT2D eigenvalue weighted by Gasteiger charge is 2.16. The predicted molar refractivity (Wildman–Crippen MR) is 112 cm³/mol. The summed E-state index contributed by atoms with van der Waals surface area (Å²) >= 11 is 0. The first-order valence-corrected chi connectivity index (χ1v) is 9.51. The Morgan fingerprint density at radius 3 is 2.53 bits per heavy atom. The first kappa shape index (κ1) is 23.1. The number of amides is 1. The van der Waals surface area contributed by atoms with Crippen molar-refractivity contribution in [2.45, 2.75) is 45.9 Å². The van der Waals surface area contributed by atoms with Gasteiger partial charge in [-0.1, -0.05) is 12.1 Å². The zero-order chi connectivity index (χ0) is 22.1. The van der Waals surface area contributed by atoms with Gasteiger partial charge in [-0.2, -0.15) is 8.78 Å². The maximum absolute atomic E-state index is 12.8. The van der Waals surface area contributed by atoms with E-state index in [0.717, 1.165) is 10.1 Å². The standard InChI is InChI=1S/C20H28F2N6O2/c1-20(2,3)30-19(29)27-15-7-5-14(6-8-15)9-10-25-18(23-4)26-13-16-24-11-12-28(16)17(21)22/h5-8,11-12,17H,9-10,13H2,1-4H3,(H,27,29)(H2,23,25,26). The molecule has 3 N–H and O–H groups in total. The molecule has 30 heavy (non-hydrogen) atoms. The summed E-state index contributed by atoms with van der Waals surface area (Å²) in [6.07, 6.45) is 2.78. The third kappa shape index (κ3) is 7.69. The van der Waals surface area contributed by atoms with E-state index in [4.69, 9.17) is 4.74 Å². The van der Waals surface area contributed by atoms with Gasteiger partial charge in [0, 0.05) is 31.7 Å². The van der Waals surface area contributed by atoms with E-state index in [2.05, 4.69) is 25.9 Å². The average Bonchev–Trinajstić information content (AvgIpc) is 3.13. The highest BCUT2D eigenvalue weighted by molar-refractivity contribution is 5.84.